The van der Waals surface area contributed by atoms with Crippen molar-refractivity contribution in [3.63, 3.8) is 0 Å². The van der Waals surface area contributed by atoms with Crippen molar-refractivity contribution in [3.05, 3.63) is 24.3 Å². The van der Waals surface area contributed by atoms with E-state index >= 15 is 0 Å². The Morgan fingerprint density at radius 2 is 2.00 bits per heavy atom. The molecule has 3 atom stereocenters. The van der Waals surface area contributed by atoms with Gasteiger partial charge in [-0.3, -0.25) is 9.59 Å². The Hall–Kier alpha value is -2.24. The zero-order valence-corrected chi connectivity index (χ0v) is 11.7. The average molecular weight is 291 g/mol. The molecular formula is C15H17NO5. The maximum absolute atomic E-state index is 12.5. The minimum atomic E-state index is -0.857. The molecule has 2 aliphatic heterocycles. The van der Waals surface area contributed by atoms with E-state index in [0.717, 1.165) is 0 Å². The van der Waals surface area contributed by atoms with Crippen LogP contribution in [0.2, 0.25) is 0 Å². The summed E-state index contributed by atoms with van der Waals surface area (Å²) in [7, 11) is 0. The van der Waals surface area contributed by atoms with Crippen LogP contribution >= 0.6 is 0 Å². The van der Waals surface area contributed by atoms with E-state index in [4.69, 9.17) is 14.6 Å². The molecule has 3 unspecified atom stereocenters. The van der Waals surface area contributed by atoms with Crippen molar-refractivity contribution < 1.29 is 24.2 Å². The topological polar surface area (TPSA) is 76.1 Å². The lowest BCUT2D eigenvalue weighted by molar-refractivity contribution is -0.145. The molecule has 1 amide bonds. The number of likely N-dealkylation sites (tertiary alicyclic amines) is 1. The minimum Gasteiger partial charge on any atom is -0.485 e. The average Bonchev–Trinajstić information content (AvgIpc) is 2.88. The Labute approximate surface area is 122 Å². The molecule has 1 aromatic carbocycles. The van der Waals surface area contributed by atoms with Crippen LogP contribution in [0, 0.1) is 5.92 Å². The summed E-state index contributed by atoms with van der Waals surface area (Å²) in [6, 6.07) is 6.87. The number of ether oxygens (including phenoxy) is 2. The summed E-state index contributed by atoms with van der Waals surface area (Å²) in [6.07, 6.45) is -0.234. The highest BCUT2D eigenvalue weighted by Gasteiger charge is 2.41. The van der Waals surface area contributed by atoms with Gasteiger partial charge in [-0.2, -0.15) is 0 Å². The van der Waals surface area contributed by atoms with Gasteiger partial charge in [0.1, 0.15) is 6.61 Å². The number of carboxylic acids is 1. The molecule has 1 aromatic rings. The van der Waals surface area contributed by atoms with Crippen LogP contribution in [0.4, 0.5) is 0 Å². The van der Waals surface area contributed by atoms with E-state index in [1.165, 1.54) is 0 Å². The fourth-order valence-corrected chi connectivity index (χ4v) is 2.91. The molecule has 0 radical (unpaired) electrons. The van der Waals surface area contributed by atoms with E-state index in [2.05, 4.69) is 0 Å². The van der Waals surface area contributed by atoms with Crippen LogP contribution in [0.3, 0.4) is 0 Å². The van der Waals surface area contributed by atoms with E-state index in [1.807, 2.05) is 12.1 Å². The third-order valence-electron chi connectivity index (χ3n) is 4.14. The highest BCUT2D eigenvalue weighted by atomic mass is 16.6. The van der Waals surface area contributed by atoms with Gasteiger partial charge >= 0.3 is 5.97 Å². The lowest BCUT2D eigenvalue weighted by atomic mass is 10.0. The summed E-state index contributed by atoms with van der Waals surface area (Å²) < 4.78 is 11.2. The minimum absolute atomic E-state index is 0.150. The largest absolute Gasteiger partial charge is 0.485 e. The first-order valence-corrected chi connectivity index (χ1v) is 6.99. The standard InChI is InChI=1S/C15H17NO5/c1-9-10(15(18)19)6-7-16(9)14(17)13-8-20-11-4-2-3-5-12(11)21-13/h2-5,9-10,13H,6-8H2,1H3,(H,18,19). The lowest BCUT2D eigenvalue weighted by Gasteiger charge is -2.31. The van der Waals surface area contributed by atoms with Crippen molar-refractivity contribution in [2.45, 2.75) is 25.5 Å². The number of benzene rings is 1. The van der Waals surface area contributed by atoms with Crippen molar-refractivity contribution >= 4 is 11.9 Å². The molecule has 1 saturated heterocycles. The van der Waals surface area contributed by atoms with E-state index in [0.29, 0.717) is 24.5 Å². The fraction of sp³-hybridized carbons (Fsp3) is 0.467. The molecule has 0 aliphatic carbocycles. The zero-order chi connectivity index (χ0) is 15.0. The molecule has 3 rings (SSSR count). The molecule has 0 spiro atoms. The molecule has 6 nitrogen and oxygen atoms in total. The quantitative estimate of drug-likeness (QED) is 0.884. The molecule has 0 aromatic heterocycles. The van der Waals surface area contributed by atoms with Gasteiger partial charge in [0, 0.05) is 12.6 Å². The van der Waals surface area contributed by atoms with E-state index < -0.39 is 18.0 Å². The Balaban J connectivity index is 1.71. The van der Waals surface area contributed by atoms with Crippen molar-refractivity contribution in [1.82, 2.24) is 4.90 Å². The number of aliphatic carboxylic acids is 1. The van der Waals surface area contributed by atoms with Gasteiger partial charge in [0.2, 0.25) is 6.10 Å². The van der Waals surface area contributed by atoms with Gasteiger partial charge in [0.25, 0.3) is 5.91 Å². The molecule has 0 bridgehead atoms. The van der Waals surface area contributed by atoms with E-state index in [9.17, 15) is 9.59 Å². The molecule has 2 heterocycles. The SMILES string of the molecule is CC1C(C(=O)O)CCN1C(=O)C1COc2ccccc2O1. The predicted octanol–water partition coefficient (Wildman–Crippen LogP) is 1.15. The number of carbonyl (C=O) groups is 2. The Kier molecular flexibility index (Phi) is 3.45. The van der Waals surface area contributed by atoms with E-state index in [1.54, 1.807) is 24.0 Å². The van der Waals surface area contributed by atoms with Crippen LogP contribution in [-0.2, 0) is 9.59 Å². The van der Waals surface area contributed by atoms with Crippen molar-refractivity contribution in [2.75, 3.05) is 13.2 Å². The maximum Gasteiger partial charge on any atom is 0.308 e. The molecule has 0 saturated carbocycles. The second kappa shape index (κ2) is 5.27. The first-order chi connectivity index (χ1) is 10.1. The summed E-state index contributed by atoms with van der Waals surface area (Å²) in [6.45, 7) is 2.36. The van der Waals surface area contributed by atoms with Crippen LogP contribution < -0.4 is 9.47 Å². The number of para-hydroxylation sites is 2. The lowest BCUT2D eigenvalue weighted by Crippen LogP contribution is -2.48. The summed E-state index contributed by atoms with van der Waals surface area (Å²) >= 11 is 0. The maximum atomic E-state index is 12.5. The molecule has 6 heteroatoms. The number of hydrogen-bond acceptors (Lipinski definition) is 4. The van der Waals surface area contributed by atoms with Gasteiger partial charge in [0.15, 0.2) is 11.5 Å². The monoisotopic (exact) mass is 291 g/mol. The number of amides is 1. The smallest absolute Gasteiger partial charge is 0.308 e. The number of nitrogens with zero attached hydrogens (tertiary/aromatic N) is 1. The van der Waals surface area contributed by atoms with Crippen LogP contribution in [0.1, 0.15) is 13.3 Å². The molecule has 21 heavy (non-hydrogen) atoms. The third-order valence-corrected chi connectivity index (χ3v) is 4.14. The zero-order valence-electron chi connectivity index (χ0n) is 11.7. The number of fused-ring (bicyclic) bond motifs is 1. The van der Waals surface area contributed by atoms with Gasteiger partial charge in [-0.15, -0.1) is 0 Å². The molecule has 1 fully saturated rings. The Bertz CT molecular complexity index is 573. The molecule has 1 N–H and O–H groups in total. The second-order valence-electron chi connectivity index (χ2n) is 5.37. The Morgan fingerprint density at radius 3 is 2.67 bits per heavy atom. The van der Waals surface area contributed by atoms with Gasteiger partial charge in [-0.05, 0) is 25.5 Å². The third kappa shape index (κ3) is 2.41. The van der Waals surface area contributed by atoms with Gasteiger partial charge < -0.3 is 19.5 Å². The first-order valence-electron chi connectivity index (χ1n) is 6.99. The van der Waals surface area contributed by atoms with Crippen LogP contribution in [0.5, 0.6) is 11.5 Å². The number of rotatable bonds is 2. The van der Waals surface area contributed by atoms with Crippen molar-refractivity contribution in [3.8, 4) is 11.5 Å². The molecular weight excluding hydrogens is 274 g/mol. The van der Waals surface area contributed by atoms with Crippen molar-refractivity contribution in [1.29, 1.82) is 0 Å². The number of carboxylic acid groups (broad SMARTS) is 1. The summed E-state index contributed by atoms with van der Waals surface area (Å²) in [5.41, 5.74) is 0. The highest BCUT2D eigenvalue weighted by Crippen LogP contribution is 2.32. The van der Waals surface area contributed by atoms with Gasteiger partial charge in [-0.1, -0.05) is 12.1 Å². The molecule has 2 aliphatic rings. The van der Waals surface area contributed by atoms with E-state index in [-0.39, 0.29) is 18.6 Å². The highest BCUT2D eigenvalue weighted by molar-refractivity contribution is 5.84. The van der Waals surface area contributed by atoms with Crippen LogP contribution in [0.25, 0.3) is 0 Å². The summed E-state index contributed by atoms with van der Waals surface area (Å²) in [5.74, 6) is -0.404. The number of carbonyl (C=O) groups excluding carboxylic acids is 1. The Morgan fingerprint density at radius 1 is 1.29 bits per heavy atom. The predicted molar refractivity (Wildman–Crippen MR) is 73.3 cm³/mol. The first kappa shape index (κ1) is 13.7. The van der Waals surface area contributed by atoms with Gasteiger partial charge in [0.05, 0.1) is 5.92 Å². The summed E-state index contributed by atoms with van der Waals surface area (Å²) in [5, 5.41) is 9.13. The normalized spacial score (nSPS) is 27.5. The van der Waals surface area contributed by atoms with Crippen molar-refractivity contribution in [2.24, 2.45) is 5.92 Å². The van der Waals surface area contributed by atoms with Crippen LogP contribution in [0.15, 0.2) is 24.3 Å². The number of hydrogen-bond donors (Lipinski definition) is 1. The van der Waals surface area contributed by atoms with Crippen LogP contribution in [-0.4, -0.2) is 47.2 Å². The second-order valence-corrected chi connectivity index (χ2v) is 5.37. The summed E-state index contributed by atoms with van der Waals surface area (Å²) in [4.78, 5) is 25.2. The fourth-order valence-electron chi connectivity index (χ4n) is 2.91. The molecule has 112 valence electrons. The van der Waals surface area contributed by atoms with Gasteiger partial charge in [-0.25, -0.2) is 0 Å².